The van der Waals surface area contributed by atoms with E-state index in [0.29, 0.717) is 4.47 Å². The van der Waals surface area contributed by atoms with Crippen molar-refractivity contribution in [3.63, 3.8) is 0 Å². The SMILES string of the molecule is CCc1ccc([N+](=O)[O-])c(Br)c1. The van der Waals surface area contributed by atoms with Crippen LogP contribution in [0, 0.1) is 10.1 Å². The lowest BCUT2D eigenvalue weighted by Gasteiger charge is -1.97. The molecule has 0 unspecified atom stereocenters. The van der Waals surface area contributed by atoms with Crippen LogP contribution in [0.3, 0.4) is 0 Å². The topological polar surface area (TPSA) is 43.1 Å². The molecule has 0 fully saturated rings. The molecule has 64 valence electrons. The Bertz CT molecular complexity index is 312. The first-order valence-electron chi connectivity index (χ1n) is 3.58. The second kappa shape index (κ2) is 3.67. The zero-order valence-electron chi connectivity index (χ0n) is 6.58. The van der Waals surface area contributed by atoms with E-state index < -0.39 is 4.92 Å². The first kappa shape index (κ1) is 9.19. The van der Waals surface area contributed by atoms with Gasteiger partial charge in [-0.25, -0.2) is 0 Å². The molecule has 0 spiro atoms. The average molecular weight is 230 g/mol. The van der Waals surface area contributed by atoms with E-state index in [0.717, 1.165) is 12.0 Å². The molecule has 0 radical (unpaired) electrons. The lowest BCUT2D eigenvalue weighted by atomic mass is 10.2. The van der Waals surface area contributed by atoms with Crippen LogP contribution in [0.15, 0.2) is 22.7 Å². The molecule has 1 aromatic rings. The number of nitro benzene ring substituents is 1. The van der Waals surface area contributed by atoms with Crippen LogP contribution in [0.1, 0.15) is 12.5 Å². The number of benzene rings is 1. The van der Waals surface area contributed by atoms with E-state index in [1.807, 2.05) is 6.92 Å². The summed E-state index contributed by atoms with van der Waals surface area (Å²) in [6.45, 7) is 2.01. The molecular weight excluding hydrogens is 222 g/mol. The van der Waals surface area contributed by atoms with Crippen molar-refractivity contribution in [2.75, 3.05) is 0 Å². The Labute approximate surface area is 78.7 Å². The van der Waals surface area contributed by atoms with E-state index in [1.165, 1.54) is 6.07 Å². The van der Waals surface area contributed by atoms with Crippen LogP contribution in [0.25, 0.3) is 0 Å². The van der Waals surface area contributed by atoms with Gasteiger partial charge in [0.2, 0.25) is 0 Å². The lowest BCUT2D eigenvalue weighted by molar-refractivity contribution is -0.385. The van der Waals surface area contributed by atoms with Crippen molar-refractivity contribution in [2.45, 2.75) is 13.3 Å². The second-order valence-electron chi connectivity index (χ2n) is 2.40. The standard InChI is InChI=1S/C8H8BrNO2/c1-2-6-3-4-8(10(11)12)7(9)5-6/h3-5H,2H2,1H3. The Morgan fingerprint density at radius 2 is 2.25 bits per heavy atom. The maximum Gasteiger partial charge on any atom is 0.283 e. The molecular formula is C8H8BrNO2. The van der Waals surface area contributed by atoms with Crippen molar-refractivity contribution >= 4 is 21.6 Å². The van der Waals surface area contributed by atoms with E-state index in [9.17, 15) is 10.1 Å². The summed E-state index contributed by atoms with van der Waals surface area (Å²) in [6, 6.07) is 5.06. The van der Waals surface area contributed by atoms with Crippen LogP contribution in [-0.4, -0.2) is 4.92 Å². The summed E-state index contributed by atoms with van der Waals surface area (Å²) in [5, 5.41) is 10.4. The smallest absolute Gasteiger partial charge is 0.258 e. The van der Waals surface area contributed by atoms with Crippen molar-refractivity contribution in [1.82, 2.24) is 0 Å². The van der Waals surface area contributed by atoms with E-state index in [4.69, 9.17) is 0 Å². The molecule has 12 heavy (non-hydrogen) atoms. The first-order valence-corrected chi connectivity index (χ1v) is 4.37. The summed E-state index contributed by atoms with van der Waals surface area (Å²) >= 11 is 3.15. The van der Waals surface area contributed by atoms with Crippen LogP contribution in [-0.2, 0) is 6.42 Å². The Hall–Kier alpha value is -0.900. The van der Waals surface area contributed by atoms with Gasteiger partial charge in [-0.2, -0.15) is 0 Å². The van der Waals surface area contributed by atoms with Crippen molar-refractivity contribution in [3.05, 3.63) is 38.3 Å². The number of nitro groups is 1. The Balaban J connectivity index is 3.12. The van der Waals surface area contributed by atoms with E-state index in [-0.39, 0.29) is 5.69 Å². The minimum absolute atomic E-state index is 0.118. The van der Waals surface area contributed by atoms with Crippen LogP contribution in [0.4, 0.5) is 5.69 Å². The van der Waals surface area contributed by atoms with Gasteiger partial charge in [0.1, 0.15) is 0 Å². The molecule has 0 heterocycles. The summed E-state index contributed by atoms with van der Waals surface area (Å²) in [4.78, 5) is 10.00. The second-order valence-corrected chi connectivity index (χ2v) is 3.25. The number of rotatable bonds is 2. The van der Waals surface area contributed by atoms with Gasteiger partial charge in [0.25, 0.3) is 5.69 Å². The molecule has 4 heteroatoms. The average Bonchev–Trinajstić information content (AvgIpc) is 2.03. The van der Waals surface area contributed by atoms with Crippen LogP contribution in [0.2, 0.25) is 0 Å². The van der Waals surface area contributed by atoms with Crippen molar-refractivity contribution in [1.29, 1.82) is 0 Å². The lowest BCUT2D eigenvalue weighted by Crippen LogP contribution is -1.90. The number of aryl methyl sites for hydroxylation is 1. The van der Waals surface area contributed by atoms with Crippen molar-refractivity contribution in [3.8, 4) is 0 Å². The third-order valence-corrected chi connectivity index (χ3v) is 2.25. The minimum Gasteiger partial charge on any atom is -0.258 e. The molecule has 0 N–H and O–H groups in total. The van der Waals surface area contributed by atoms with Gasteiger partial charge in [0.15, 0.2) is 0 Å². The van der Waals surface area contributed by atoms with Gasteiger partial charge in [-0.3, -0.25) is 10.1 Å². The molecule has 0 saturated heterocycles. The Morgan fingerprint density at radius 1 is 1.58 bits per heavy atom. The number of hydrogen-bond donors (Lipinski definition) is 0. The molecule has 0 amide bonds. The molecule has 0 aromatic heterocycles. The summed E-state index contributed by atoms with van der Waals surface area (Å²) in [6.07, 6.45) is 0.886. The maximum atomic E-state index is 10.4. The maximum absolute atomic E-state index is 10.4. The predicted octanol–water partition coefficient (Wildman–Crippen LogP) is 2.92. The van der Waals surface area contributed by atoms with Gasteiger partial charge in [0.05, 0.1) is 9.40 Å². The quantitative estimate of drug-likeness (QED) is 0.579. The molecule has 0 atom stereocenters. The highest BCUT2D eigenvalue weighted by Gasteiger charge is 2.10. The highest BCUT2D eigenvalue weighted by Crippen LogP contribution is 2.25. The summed E-state index contributed by atoms with van der Waals surface area (Å²) in [7, 11) is 0. The minimum atomic E-state index is -0.399. The van der Waals surface area contributed by atoms with Gasteiger partial charge in [-0.15, -0.1) is 0 Å². The molecule has 0 aliphatic heterocycles. The molecule has 0 aliphatic rings. The Morgan fingerprint density at radius 3 is 2.67 bits per heavy atom. The normalized spacial score (nSPS) is 9.83. The van der Waals surface area contributed by atoms with Gasteiger partial charge in [-0.05, 0) is 34.0 Å². The van der Waals surface area contributed by atoms with E-state index in [1.54, 1.807) is 12.1 Å². The third-order valence-electron chi connectivity index (χ3n) is 1.62. The van der Waals surface area contributed by atoms with Crippen LogP contribution >= 0.6 is 15.9 Å². The third kappa shape index (κ3) is 1.82. The highest BCUT2D eigenvalue weighted by atomic mass is 79.9. The first-order chi connectivity index (χ1) is 5.65. The van der Waals surface area contributed by atoms with Gasteiger partial charge < -0.3 is 0 Å². The fourth-order valence-electron chi connectivity index (χ4n) is 0.918. The molecule has 1 rings (SSSR count). The number of nitrogens with zero attached hydrogens (tertiary/aromatic N) is 1. The summed E-state index contributed by atoms with van der Waals surface area (Å²) in [5.41, 5.74) is 1.21. The van der Waals surface area contributed by atoms with E-state index >= 15 is 0 Å². The van der Waals surface area contributed by atoms with Gasteiger partial charge in [0, 0.05) is 6.07 Å². The molecule has 3 nitrogen and oxygen atoms in total. The zero-order chi connectivity index (χ0) is 9.14. The molecule has 0 saturated carbocycles. The monoisotopic (exact) mass is 229 g/mol. The van der Waals surface area contributed by atoms with Gasteiger partial charge in [-0.1, -0.05) is 13.0 Å². The van der Waals surface area contributed by atoms with Crippen LogP contribution in [0.5, 0.6) is 0 Å². The number of hydrogen-bond acceptors (Lipinski definition) is 2. The van der Waals surface area contributed by atoms with Crippen molar-refractivity contribution in [2.24, 2.45) is 0 Å². The zero-order valence-corrected chi connectivity index (χ0v) is 8.17. The van der Waals surface area contributed by atoms with Gasteiger partial charge >= 0.3 is 0 Å². The number of halogens is 1. The predicted molar refractivity (Wildman–Crippen MR) is 50.2 cm³/mol. The molecule has 0 bridgehead atoms. The molecule has 1 aromatic carbocycles. The molecule has 0 aliphatic carbocycles. The van der Waals surface area contributed by atoms with E-state index in [2.05, 4.69) is 15.9 Å². The fourth-order valence-corrected chi connectivity index (χ4v) is 1.49. The van der Waals surface area contributed by atoms with Crippen LogP contribution < -0.4 is 0 Å². The van der Waals surface area contributed by atoms with Crippen molar-refractivity contribution < 1.29 is 4.92 Å². The summed E-state index contributed by atoms with van der Waals surface area (Å²) < 4.78 is 0.548. The highest BCUT2D eigenvalue weighted by molar-refractivity contribution is 9.10. The largest absolute Gasteiger partial charge is 0.283 e. The summed E-state index contributed by atoms with van der Waals surface area (Å²) in [5.74, 6) is 0. The Kier molecular flexibility index (Phi) is 2.81. The fraction of sp³-hybridized carbons (Fsp3) is 0.250.